The van der Waals surface area contributed by atoms with E-state index in [9.17, 15) is 19.2 Å². The van der Waals surface area contributed by atoms with Crippen LogP contribution in [0.4, 0.5) is 10.0 Å². The van der Waals surface area contributed by atoms with Crippen LogP contribution < -0.4 is 22.1 Å². The summed E-state index contributed by atoms with van der Waals surface area (Å²) < 4.78 is 0. The number of carbonyl (C=O) groups excluding carboxylic acids is 4. The van der Waals surface area contributed by atoms with Crippen molar-refractivity contribution in [1.29, 1.82) is 0 Å². The van der Waals surface area contributed by atoms with Crippen molar-refractivity contribution in [2.75, 3.05) is 10.6 Å². The molecule has 3 aromatic rings. The van der Waals surface area contributed by atoms with E-state index in [0.29, 0.717) is 32.3 Å². The monoisotopic (exact) mass is 578 g/mol. The van der Waals surface area contributed by atoms with E-state index in [4.69, 9.17) is 11.5 Å². The van der Waals surface area contributed by atoms with Crippen LogP contribution >= 0.6 is 22.7 Å². The lowest BCUT2D eigenvalue weighted by molar-refractivity contribution is 0.0989. The Morgan fingerprint density at radius 2 is 0.900 bits per heavy atom. The van der Waals surface area contributed by atoms with E-state index >= 15 is 0 Å². The lowest BCUT2D eigenvalue weighted by atomic mass is 9.96. The van der Waals surface area contributed by atoms with Gasteiger partial charge in [-0.25, -0.2) is 0 Å². The zero-order chi connectivity index (χ0) is 28.2. The topological polar surface area (TPSA) is 144 Å². The highest BCUT2D eigenvalue weighted by Crippen LogP contribution is 2.38. The number of primary amides is 2. The van der Waals surface area contributed by atoms with Crippen molar-refractivity contribution in [2.45, 2.75) is 77.0 Å². The van der Waals surface area contributed by atoms with Crippen LogP contribution in [-0.2, 0) is 25.7 Å². The summed E-state index contributed by atoms with van der Waals surface area (Å²) >= 11 is 2.86. The van der Waals surface area contributed by atoms with Crippen LogP contribution in [0, 0.1) is 0 Å². The second kappa shape index (κ2) is 12.3. The van der Waals surface area contributed by atoms with Crippen LogP contribution in [-0.4, -0.2) is 23.6 Å². The van der Waals surface area contributed by atoms with E-state index in [2.05, 4.69) is 10.6 Å². The first-order valence-electron chi connectivity index (χ1n) is 13.9. The highest BCUT2D eigenvalue weighted by molar-refractivity contribution is 7.17. The van der Waals surface area contributed by atoms with E-state index in [0.717, 1.165) is 97.9 Å². The molecule has 4 amide bonds. The number of benzene rings is 1. The van der Waals surface area contributed by atoms with Crippen molar-refractivity contribution in [1.82, 2.24) is 0 Å². The number of nitrogens with one attached hydrogen (secondary N) is 2. The molecule has 10 heteroatoms. The normalized spacial score (nSPS) is 15.4. The number of nitrogens with two attached hydrogens (primary N) is 2. The predicted molar refractivity (Wildman–Crippen MR) is 160 cm³/mol. The van der Waals surface area contributed by atoms with Gasteiger partial charge in [-0.2, -0.15) is 0 Å². The van der Waals surface area contributed by atoms with Gasteiger partial charge in [0.1, 0.15) is 10.0 Å². The van der Waals surface area contributed by atoms with Gasteiger partial charge in [0.15, 0.2) is 0 Å². The summed E-state index contributed by atoms with van der Waals surface area (Å²) in [6.07, 6.45) is 12.0. The lowest BCUT2D eigenvalue weighted by Gasteiger charge is -2.10. The third-order valence-electron chi connectivity index (χ3n) is 7.70. The number of thiophene rings is 2. The summed E-state index contributed by atoms with van der Waals surface area (Å²) in [6.45, 7) is 0. The minimum absolute atomic E-state index is 0.352. The maximum atomic E-state index is 13.1. The highest BCUT2D eigenvalue weighted by atomic mass is 32.1. The Bertz CT molecular complexity index is 1350. The minimum Gasteiger partial charge on any atom is -0.365 e. The molecule has 6 N–H and O–H groups in total. The lowest BCUT2D eigenvalue weighted by Crippen LogP contribution is -2.19. The molecule has 8 nitrogen and oxygen atoms in total. The molecule has 0 saturated carbocycles. The summed E-state index contributed by atoms with van der Waals surface area (Å²) in [4.78, 5) is 53.0. The first-order valence-corrected chi connectivity index (χ1v) is 15.6. The SMILES string of the molecule is NC(=O)c1c(NC(=O)c2ccc(C(=O)Nc3sc4c(c3C(N)=O)CCCCCC4)cc2)sc2c1CCCCCC2. The number of anilines is 2. The van der Waals surface area contributed by atoms with Gasteiger partial charge in [0.2, 0.25) is 0 Å². The molecule has 0 saturated heterocycles. The molecule has 2 aliphatic rings. The second-order valence-corrected chi connectivity index (χ2v) is 12.7. The number of rotatable bonds is 6. The molecule has 2 aromatic heterocycles. The van der Waals surface area contributed by atoms with Crippen molar-refractivity contribution in [2.24, 2.45) is 11.5 Å². The molecule has 210 valence electrons. The van der Waals surface area contributed by atoms with Crippen LogP contribution in [0.5, 0.6) is 0 Å². The largest absolute Gasteiger partial charge is 0.365 e. The third kappa shape index (κ3) is 5.97. The highest BCUT2D eigenvalue weighted by Gasteiger charge is 2.26. The standard InChI is InChI=1S/C30H34N4O4S2/c31-25(35)23-19-9-5-1-3-7-11-21(19)39-29(23)33-27(37)17-13-15-18(16-14-17)28(38)34-30-24(26(32)36)20-10-6-2-4-8-12-22(20)40-30/h13-16H,1-12H2,(H2,31,35)(H2,32,36)(H,33,37)(H,34,38). The zero-order valence-corrected chi connectivity index (χ0v) is 24.0. The third-order valence-corrected chi connectivity index (χ3v) is 10.1. The summed E-state index contributed by atoms with van der Waals surface area (Å²) in [5.41, 5.74) is 14.9. The fourth-order valence-corrected chi connectivity index (χ4v) is 8.24. The van der Waals surface area contributed by atoms with Gasteiger partial charge < -0.3 is 22.1 Å². The average molecular weight is 579 g/mol. The minimum atomic E-state index is -0.530. The number of hydrogen-bond acceptors (Lipinski definition) is 6. The first-order chi connectivity index (χ1) is 19.3. The Morgan fingerprint density at radius 1 is 0.550 bits per heavy atom. The molecule has 40 heavy (non-hydrogen) atoms. The van der Waals surface area contributed by atoms with E-state index in [-0.39, 0.29) is 11.8 Å². The van der Waals surface area contributed by atoms with Crippen molar-refractivity contribution in [3.05, 3.63) is 67.4 Å². The Labute approximate surface area is 241 Å². The zero-order valence-electron chi connectivity index (χ0n) is 22.4. The quantitative estimate of drug-likeness (QED) is 0.292. The Morgan fingerprint density at radius 3 is 1.25 bits per heavy atom. The van der Waals surface area contributed by atoms with E-state index in [1.54, 1.807) is 24.3 Å². The van der Waals surface area contributed by atoms with Gasteiger partial charge in [-0.15, -0.1) is 22.7 Å². The second-order valence-electron chi connectivity index (χ2n) is 10.5. The molecule has 1 aromatic carbocycles. The first kappa shape index (κ1) is 28.0. The fraction of sp³-hybridized carbons (Fsp3) is 0.400. The van der Waals surface area contributed by atoms with E-state index < -0.39 is 11.8 Å². The molecule has 0 atom stereocenters. The van der Waals surface area contributed by atoms with E-state index in [1.807, 2.05) is 0 Å². The van der Waals surface area contributed by atoms with Gasteiger partial charge >= 0.3 is 0 Å². The number of amides is 4. The van der Waals surface area contributed by atoms with Crippen molar-refractivity contribution in [3.8, 4) is 0 Å². The molecule has 2 aliphatic carbocycles. The molecular formula is C30H34N4O4S2. The van der Waals surface area contributed by atoms with Crippen LogP contribution in [0.2, 0.25) is 0 Å². The Balaban J connectivity index is 1.32. The average Bonchev–Trinajstić information content (AvgIpc) is 3.40. The fourth-order valence-electron chi connectivity index (χ4n) is 5.66. The molecule has 0 bridgehead atoms. The Hall–Kier alpha value is -3.50. The molecule has 5 rings (SSSR count). The molecule has 0 unspecified atom stereocenters. The van der Waals surface area contributed by atoms with Crippen LogP contribution in [0.15, 0.2) is 24.3 Å². The van der Waals surface area contributed by atoms with E-state index in [1.165, 1.54) is 22.7 Å². The Kier molecular flexibility index (Phi) is 8.66. The van der Waals surface area contributed by atoms with Gasteiger partial charge in [0.05, 0.1) is 11.1 Å². The number of hydrogen-bond donors (Lipinski definition) is 4. The summed E-state index contributed by atoms with van der Waals surface area (Å²) in [5.74, 6) is -1.81. The molecule has 0 radical (unpaired) electrons. The summed E-state index contributed by atoms with van der Waals surface area (Å²) in [7, 11) is 0. The van der Waals surface area contributed by atoms with Gasteiger partial charge in [-0.3, -0.25) is 19.2 Å². The smallest absolute Gasteiger partial charge is 0.256 e. The number of fused-ring (bicyclic) bond motifs is 2. The molecular weight excluding hydrogens is 544 g/mol. The van der Waals surface area contributed by atoms with Crippen LogP contribution in [0.1, 0.15) is 114 Å². The maximum Gasteiger partial charge on any atom is 0.256 e. The summed E-state index contributed by atoms with van der Waals surface area (Å²) in [6, 6.07) is 6.28. The number of carbonyl (C=O) groups is 4. The van der Waals surface area contributed by atoms with Crippen molar-refractivity contribution < 1.29 is 19.2 Å². The van der Waals surface area contributed by atoms with Gasteiger partial charge in [-0.05, 0) is 86.8 Å². The molecule has 2 heterocycles. The molecule has 0 aliphatic heterocycles. The summed E-state index contributed by atoms with van der Waals surface area (Å²) in [5, 5.41) is 6.73. The molecule has 0 spiro atoms. The van der Waals surface area contributed by atoms with Gasteiger partial charge in [0.25, 0.3) is 23.6 Å². The van der Waals surface area contributed by atoms with Gasteiger partial charge in [-0.1, -0.05) is 25.7 Å². The van der Waals surface area contributed by atoms with Gasteiger partial charge in [0, 0.05) is 20.9 Å². The number of aryl methyl sites for hydroxylation is 2. The molecule has 0 fully saturated rings. The maximum absolute atomic E-state index is 13.1. The van der Waals surface area contributed by atoms with Crippen LogP contribution in [0.3, 0.4) is 0 Å². The van der Waals surface area contributed by atoms with Crippen molar-refractivity contribution >= 4 is 56.3 Å². The predicted octanol–water partition coefficient (Wildman–Crippen LogP) is 5.83. The van der Waals surface area contributed by atoms with Crippen LogP contribution in [0.25, 0.3) is 0 Å². The van der Waals surface area contributed by atoms with Crippen molar-refractivity contribution in [3.63, 3.8) is 0 Å².